The fourth-order valence-corrected chi connectivity index (χ4v) is 3.24. The smallest absolute Gasteiger partial charge is 0.242 e. The first-order valence-corrected chi connectivity index (χ1v) is 8.83. The quantitative estimate of drug-likeness (QED) is 0.871. The Morgan fingerprint density at radius 1 is 1.04 bits per heavy atom. The second kappa shape index (κ2) is 7.11. The molecule has 2 rings (SSSR count). The number of hydrogen-bond donors (Lipinski definition) is 2. The molecule has 0 aliphatic rings. The Bertz CT molecular complexity index is 849. The molecule has 5 nitrogen and oxygen atoms in total. The van der Waals surface area contributed by atoms with Crippen LogP contribution in [-0.2, 0) is 14.8 Å². The van der Waals surface area contributed by atoms with Crippen LogP contribution in [0.1, 0.15) is 18.1 Å². The monoisotopic (exact) mass is 350 g/mol. The van der Waals surface area contributed by atoms with Gasteiger partial charge < -0.3 is 5.32 Å². The van der Waals surface area contributed by atoms with E-state index in [4.69, 9.17) is 0 Å². The Hall–Kier alpha value is -2.25. The van der Waals surface area contributed by atoms with E-state index in [1.807, 2.05) is 26.0 Å². The van der Waals surface area contributed by atoms with Gasteiger partial charge in [0, 0.05) is 5.69 Å². The number of benzene rings is 2. The maximum absolute atomic E-state index is 12.9. The molecule has 0 aliphatic heterocycles. The highest BCUT2D eigenvalue weighted by Crippen LogP contribution is 2.15. The number of hydrogen-bond acceptors (Lipinski definition) is 3. The van der Waals surface area contributed by atoms with Gasteiger partial charge in [-0.1, -0.05) is 6.07 Å². The van der Waals surface area contributed by atoms with E-state index in [1.165, 1.54) is 6.92 Å². The lowest BCUT2D eigenvalue weighted by Gasteiger charge is -2.15. The average molecular weight is 350 g/mol. The zero-order valence-electron chi connectivity index (χ0n) is 13.6. The molecule has 1 atom stereocenters. The number of rotatable bonds is 5. The van der Waals surface area contributed by atoms with Crippen LogP contribution in [0.25, 0.3) is 0 Å². The van der Waals surface area contributed by atoms with Crippen molar-refractivity contribution in [3.63, 3.8) is 0 Å². The fourth-order valence-electron chi connectivity index (χ4n) is 2.04. The van der Waals surface area contributed by atoms with Crippen LogP contribution in [0, 0.1) is 19.7 Å². The summed E-state index contributed by atoms with van der Waals surface area (Å²) in [7, 11) is -3.91. The molecule has 0 aromatic heterocycles. The van der Waals surface area contributed by atoms with Crippen molar-refractivity contribution in [3.05, 3.63) is 59.4 Å². The molecular weight excluding hydrogens is 331 g/mol. The minimum atomic E-state index is -3.91. The third kappa shape index (κ3) is 4.39. The zero-order chi connectivity index (χ0) is 17.9. The number of carbonyl (C=O) groups is 1. The predicted molar refractivity (Wildman–Crippen MR) is 90.7 cm³/mol. The van der Waals surface area contributed by atoms with Crippen LogP contribution in [-0.4, -0.2) is 20.4 Å². The van der Waals surface area contributed by atoms with Crippen molar-refractivity contribution in [1.29, 1.82) is 0 Å². The van der Waals surface area contributed by atoms with E-state index in [1.54, 1.807) is 6.07 Å². The largest absolute Gasteiger partial charge is 0.325 e. The first-order chi connectivity index (χ1) is 11.2. The van der Waals surface area contributed by atoms with Crippen LogP contribution in [0.15, 0.2) is 47.4 Å². The Balaban J connectivity index is 2.07. The van der Waals surface area contributed by atoms with Crippen LogP contribution in [0.2, 0.25) is 0 Å². The molecule has 0 aliphatic carbocycles. The lowest BCUT2D eigenvalue weighted by atomic mass is 10.1. The van der Waals surface area contributed by atoms with Crippen LogP contribution >= 0.6 is 0 Å². The number of carbonyl (C=O) groups excluding carboxylic acids is 1. The van der Waals surface area contributed by atoms with Gasteiger partial charge in [-0.05, 0) is 68.3 Å². The first kappa shape index (κ1) is 18.1. The van der Waals surface area contributed by atoms with Crippen molar-refractivity contribution in [2.24, 2.45) is 0 Å². The molecule has 2 N–H and O–H groups in total. The molecule has 128 valence electrons. The molecule has 24 heavy (non-hydrogen) atoms. The van der Waals surface area contributed by atoms with Gasteiger partial charge in [0.05, 0.1) is 10.9 Å². The molecule has 0 radical (unpaired) electrons. The second-order valence-electron chi connectivity index (χ2n) is 5.59. The normalized spacial score (nSPS) is 12.7. The number of nitrogens with one attached hydrogen (secondary N) is 2. The van der Waals surface area contributed by atoms with Gasteiger partial charge in [0.15, 0.2) is 0 Å². The lowest BCUT2D eigenvalue weighted by Crippen LogP contribution is -2.41. The first-order valence-electron chi connectivity index (χ1n) is 7.35. The Morgan fingerprint density at radius 3 is 2.25 bits per heavy atom. The summed E-state index contributed by atoms with van der Waals surface area (Å²) in [6.07, 6.45) is 0. The summed E-state index contributed by atoms with van der Waals surface area (Å²) in [5.41, 5.74) is 2.71. The number of sulfonamides is 1. The molecule has 0 bridgehead atoms. The number of amides is 1. The molecule has 0 saturated heterocycles. The van der Waals surface area contributed by atoms with Gasteiger partial charge in [-0.25, -0.2) is 12.8 Å². The number of anilines is 1. The summed E-state index contributed by atoms with van der Waals surface area (Å²) in [5.74, 6) is -1.02. The Kier molecular flexibility index (Phi) is 5.36. The maximum atomic E-state index is 12.9. The van der Waals surface area contributed by atoms with Crippen molar-refractivity contribution in [2.45, 2.75) is 31.7 Å². The predicted octanol–water partition coefficient (Wildman–Crippen LogP) is 2.75. The standard InChI is InChI=1S/C17H19FN2O3S/c1-11-4-7-15(10-12(11)2)19-17(21)13(3)20-24(22,23)16-8-5-14(18)6-9-16/h4-10,13,20H,1-3H3,(H,19,21)/t13-/m1/s1. The van der Waals surface area contributed by atoms with Crippen molar-refractivity contribution in [1.82, 2.24) is 4.72 Å². The summed E-state index contributed by atoms with van der Waals surface area (Å²) in [6, 6.07) is 8.84. The van der Waals surface area contributed by atoms with Crippen molar-refractivity contribution in [3.8, 4) is 0 Å². The van der Waals surface area contributed by atoms with Gasteiger partial charge >= 0.3 is 0 Å². The van der Waals surface area contributed by atoms with E-state index in [0.717, 1.165) is 35.4 Å². The van der Waals surface area contributed by atoms with Gasteiger partial charge in [-0.2, -0.15) is 4.72 Å². The third-order valence-corrected chi connectivity index (χ3v) is 5.18. The highest BCUT2D eigenvalue weighted by Gasteiger charge is 2.22. The van der Waals surface area contributed by atoms with Crippen LogP contribution < -0.4 is 10.0 Å². The van der Waals surface area contributed by atoms with Crippen LogP contribution in [0.4, 0.5) is 10.1 Å². The van der Waals surface area contributed by atoms with Gasteiger partial charge in [-0.3, -0.25) is 4.79 Å². The van der Waals surface area contributed by atoms with Crippen LogP contribution in [0.5, 0.6) is 0 Å². The minimum Gasteiger partial charge on any atom is -0.325 e. The van der Waals surface area contributed by atoms with E-state index in [2.05, 4.69) is 10.0 Å². The molecule has 0 heterocycles. The van der Waals surface area contributed by atoms with E-state index < -0.39 is 27.8 Å². The molecule has 1 amide bonds. The van der Waals surface area contributed by atoms with E-state index in [-0.39, 0.29) is 4.90 Å². The lowest BCUT2D eigenvalue weighted by molar-refractivity contribution is -0.117. The average Bonchev–Trinajstić information content (AvgIpc) is 2.51. The highest BCUT2D eigenvalue weighted by atomic mass is 32.2. The molecule has 2 aromatic carbocycles. The Morgan fingerprint density at radius 2 is 1.67 bits per heavy atom. The number of halogens is 1. The molecule has 0 saturated carbocycles. The second-order valence-corrected chi connectivity index (χ2v) is 7.30. The molecule has 2 aromatic rings. The molecule has 0 unspecified atom stereocenters. The third-order valence-electron chi connectivity index (χ3n) is 3.62. The van der Waals surface area contributed by atoms with Crippen molar-refractivity contribution >= 4 is 21.6 Å². The van der Waals surface area contributed by atoms with Crippen LogP contribution in [0.3, 0.4) is 0 Å². The SMILES string of the molecule is Cc1ccc(NC(=O)[C@@H](C)NS(=O)(=O)c2ccc(F)cc2)cc1C. The highest BCUT2D eigenvalue weighted by molar-refractivity contribution is 7.89. The number of aryl methyl sites for hydroxylation is 2. The van der Waals surface area contributed by atoms with E-state index >= 15 is 0 Å². The summed E-state index contributed by atoms with van der Waals surface area (Å²) in [6.45, 7) is 5.32. The zero-order valence-corrected chi connectivity index (χ0v) is 14.4. The van der Waals surface area contributed by atoms with Crippen molar-refractivity contribution in [2.75, 3.05) is 5.32 Å². The molecular formula is C17H19FN2O3S. The molecule has 0 spiro atoms. The summed E-state index contributed by atoms with van der Waals surface area (Å²) < 4.78 is 39.6. The summed E-state index contributed by atoms with van der Waals surface area (Å²) in [5, 5.41) is 2.67. The van der Waals surface area contributed by atoms with Gasteiger partial charge in [-0.15, -0.1) is 0 Å². The van der Waals surface area contributed by atoms with Gasteiger partial charge in [0.1, 0.15) is 5.82 Å². The van der Waals surface area contributed by atoms with Gasteiger partial charge in [0.25, 0.3) is 0 Å². The Labute approximate surface area is 141 Å². The van der Waals surface area contributed by atoms with E-state index in [9.17, 15) is 17.6 Å². The topological polar surface area (TPSA) is 75.3 Å². The van der Waals surface area contributed by atoms with Crippen molar-refractivity contribution < 1.29 is 17.6 Å². The minimum absolute atomic E-state index is 0.102. The fraction of sp³-hybridized carbons (Fsp3) is 0.235. The molecule has 0 fully saturated rings. The summed E-state index contributed by atoms with van der Waals surface area (Å²) in [4.78, 5) is 12.1. The maximum Gasteiger partial charge on any atom is 0.242 e. The van der Waals surface area contributed by atoms with Gasteiger partial charge in [0.2, 0.25) is 15.9 Å². The molecule has 7 heteroatoms. The summed E-state index contributed by atoms with van der Waals surface area (Å²) >= 11 is 0. The van der Waals surface area contributed by atoms with E-state index in [0.29, 0.717) is 5.69 Å².